The van der Waals surface area contributed by atoms with E-state index in [2.05, 4.69) is 10.2 Å². The molecule has 1 aromatic heterocycles. The third kappa shape index (κ3) is 3.06. The summed E-state index contributed by atoms with van der Waals surface area (Å²) in [6.45, 7) is 1.87. The summed E-state index contributed by atoms with van der Waals surface area (Å²) in [6.07, 6.45) is -6.02. The van der Waals surface area contributed by atoms with Gasteiger partial charge in [-0.25, -0.2) is 13.2 Å². The minimum Gasteiger partial charge on any atom is -0.378 e. The predicted molar refractivity (Wildman–Crippen MR) is 91.7 cm³/mol. The first-order valence-electron chi connectivity index (χ1n) is 9.75. The molecule has 1 N–H and O–H groups in total. The lowest BCUT2D eigenvalue weighted by atomic mass is 9.62. The van der Waals surface area contributed by atoms with Crippen molar-refractivity contribution >= 4 is 0 Å². The second kappa shape index (κ2) is 6.66. The summed E-state index contributed by atoms with van der Waals surface area (Å²) in [4.78, 5) is 1.58. The second-order valence-corrected chi connectivity index (χ2v) is 8.39. The molecule has 2 aromatic rings. The predicted octanol–water partition coefficient (Wildman–Crippen LogP) is 2.49. The van der Waals surface area contributed by atoms with Gasteiger partial charge < -0.3 is 14.4 Å². The van der Waals surface area contributed by atoms with Gasteiger partial charge in [0.1, 0.15) is 23.5 Å². The maximum atomic E-state index is 14.1. The van der Waals surface area contributed by atoms with Gasteiger partial charge in [-0.05, 0) is 17.5 Å². The van der Waals surface area contributed by atoms with Crippen LogP contribution in [0.15, 0.2) is 12.1 Å². The van der Waals surface area contributed by atoms with Crippen LogP contribution in [0.4, 0.5) is 26.3 Å². The van der Waals surface area contributed by atoms with E-state index >= 15 is 0 Å². The SMILES string of the molecule is C[C@@H]1C(C(O)N2CCn3c(nnc3C(F)(F)F)C2)C2(Cc3cc(F)c(F)cc3F)O[C@H]12. The van der Waals surface area contributed by atoms with E-state index in [0.717, 1.165) is 10.6 Å². The Morgan fingerprint density at radius 3 is 2.55 bits per heavy atom. The Morgan fingerprint density at radius 1 is 1.16 bits per heavy atom. The molecule has 3 aliphatic rings. The molecule has 168 valence electrons. The van der Waals surface area contributed by atoms with Crippen molar-refractivity contribution in [2.24, 2.45) is 11.8 Å². The van der Waals surface area contributed by atoms with E-state index in [0.29, 0.717) is 6.07 Å². The standard InChI is InChI=1S/C19H18F6N4O2/c1-8-14(18(15(8)31-18)6-9-4-11(21)12(22)5-10(9)20)16(30)28-2-3-29-13(7-28)26-27-17(29)19(23,24)25/h4-5,8,14-16,30H,2-3,6-7H2,1H3/t8-,14?,15-,16?,18?/m1/s1. The van der Waals surface area contributed by atoms with E-state index in [4.69, 9.17) is 4.74 Å². The molecule has 31 heavy (non-hydrogen) atoms. The van der Waals surface area contributed by atoms with Crippen LogP contribution in [0.2, 0.25) is 0 Å². The number of alkyl halides is 3. The normalized spacial score (nSPS) is 31.0. The van der Waals surface area contributed by atoms with Crippen molar-refractivity contribution in [1.82, 2.24) is 19.7 Å². The quantitative estimate of drug-likeness (QED) is 0.443. The first-order chi connectivity index (χ1) is 14.5. The fourth-order valence-electron chi connectivity index (χ4n) is 5.16. The third-order valence-corrected chi connectivity index (χ3v) is 6.67. The average molecular weight is 448 g/mol. The van der Waals surface area contributed by atoms with Crippen LogP contribution in [0, 0.1) is 29.3 Å². The van der Waals surface area contributed by atoms with Crippen molar-refractivity contribution in [3.05, 3.63) is 46.8 Å². The van der Waals surface area contributed by atoms with Crippen LogP contribution in [0.1, 0.15) is 24.1 Å². The van der Waals surface area contributed by atoms with Gasteiger partial charge in [-0.3, -0.25) is 4.90 Å². The molecule has 12 heteroatoms. The maximum absolute atomic E-state index is 14.1. The molecule has 2 fully saturated rings. The molecule has 2 aliphatic heterocycles. The molecule has 0 radical (unpaired) electrons. The summed E-state index contributed by atoms with van der Waals surface area (Å²) in [5.74, 6) is -4.95. The molecule has 1 saturated heterocycles. The van der Waals surface area contributed by atoms with E-state index in [-0.39, 0.29) is 49.5 Å². The number of aliphatic hydroxyl groups excluding tert-OH is 1. The first-order valence-corrected chi connectivity index (χ1v) is 9.75. The number of fused-ring (bicyclic) bond motifs is 2. The number of hydrogen-bond donors (Lipinski definition) is 1. The van der Waals surface area contributed by atoms with Gasteiger partial charge in [-0.15, -0.1) is 10.2 Å². The van der Waals surface area contributed by atoms with E-state index in [1.165, 1.54) is 0 Å². The van der Waals surface area contributed by atoms with Crippen LogP contribution in [0.25, 0.3) is 0 Å². The largest absolute Gasteiger partial charge is 0.451 e. The number of ether oxygens (including phenoxy) is 1. The molecule has 1 aliphatic carbocycles. The molecular weight excluding hydrogens is 430 g/mol. The van der Waals surface area contributed by atoms with Gasteiger partial charge in [-0.2, -0.15) is 13.2 Å². The first kappa shape index (κ1) is 20.7. The summed E-state index contributed by atoms with van der Waals surface area (Å²) in [6, 6.07) is 1.26. The van der Waals surface area contributed by atoms with Crippen LogP contribution in [-0.4, -0.2) is 49.2 Å². The Morgan fingerprint density at radius 2 is 1.87 bits per heavy atom. The van der Waals surface area contributed by atoms with Crippen molar-refractivity contribution < 1.29 is 36.2 Å². The molecule has 5 rings (SSSR count). The molecule has 0 spiro atoms. The van der Waals surface area contributed by atoms with Gasteiger partial charge in [0.15, 0.2) is 11.6 Å². The maximum Gasteiger partial charge on any atom is 0.451 e. The molecule has 5 atom stereocenters. The summed E-state index contributed by atoms with van der Waals surface area (Å²) in [5.41, 5.74) is -0.981. The van der Waals surface area contributed by atoms with E-state index in [1.54, 1.807) is 4.90 Å². The van der Waals surface area contributed by atoms with Crippen LogP contribution < -0.4 is 0 Å². The van der Waals surface area contributed by atoms with Crippen molar-refractivity contribution in [3.8, 4) is 0 Å². The van der Waals surface area contributed by atoms with Gasteiger partial charge in [0, 0.05) is 31.5 Å². The molecule has 1 saturated carbocycles. The number of benzene rings is 1. The Bertz CT molecular complexity index is 1040. The van der Waals surface area contributed by atoms with E-state index < -0.39 is 47.2 Å². The van der Waals surface area contributed by atoms with Crippen molar-refractivity contribution in [2.45, 2.75) is 50.5 Å². The van der Waals surface area contributed by atoms with Crippen molar-refractivity contribution in [1.29, 1.82) is 0 Å². The number of nitrogens with zero attached hydrogens (tertiary/aromatic N) is 4. The number of epoxide rings is 1. The van der Waals surface area contributed by atoms with Gasteiger partial charge in [0.05, 0.1) is 12.6 Å². The Kier molecular flexibility index (Phi) is 4.45. The summed E-state index contributed by atoms with van der Waals surface area (Å²) >= 11 is 0. The molecule has 6 nitrogen and oxygen atoms in total. The lowest BCUT2D eigenvalue weighted by Crippen LogP contribution is -2.59. The Labute approximate surface area is 172 Å². The molecular formula is C19H18F6N4O2. The molecule has 3 heterocycles. The monoisotopic (exact) mass is 448 g/mol. The summed E-state index contributed by atoms with van der Waals surface area (Å²) < 4.78 is 86.8. The van der Waals surface area contributed by atoms with Gasteiger partial charge in [0.2, 0.25) is 5.82 Å². The lowest BCUT2D eigenvalue weighted by Gasteiger charge is -2.45. The molecule has 0 bridgehead atoms. The molecule has 1 aromatic carbocycles. The fourth-order valence-corrected chi connectivity index (χ4v) is 5.16. The van der Waals surface area contributed by atoms with Crippen LogP contribution in [0.3, 0.4) is 0 Å². The summed E-state index contributed by atoms with van der Waals surface area (Å²) in [5, 5.41) is 17.8. The number of aliphatic hydroxyl groups is 1. The van der Waals surface area contributed by atoms with Crippen LogP contribution >= 0.6 is 0 Å². The second-order valence-electron chi connectivity index (χ2n) is 8.39. The summed E-state index contributed by atoms with van der Waals surface area (Å²) in [7, 11) is 0. The zero-order valence-corrected chi connectivity index (χ0v) is 16.2. The lowest BCUT2D eigenvalue weighted by molar-refractivity contribution is -0.149. The van der Waals surface area contributed by atoms with Crippen molar-refractivity contribution in [2.75, 3.05) is 6.54 Å². The zero-order chi connectivity index (χ0) is 22.3. The van der Waals surface area contributed by atoms with Gasteiger partial charge in [0.25, 0.3) is 0 Å². The van der Waals surface area contributed by atoms with E-state index in [9.17, 15) is 31.4 Å². The van der Waals surface area contributed by atoms with Crippen LogP contribution in [0.5, 0.6) is 0 Å². The van der Waals surface area contributed by atoms with Crippen molar-refractivity contribution in [3.63, 3.8) is 0 Å². The van der Waals surface area contributed by atoms with Gasteiger partial charge in [-0.1, -0.05) is 6.92 Å². The highest BCUT2D eigenvalue weighted by Crippen LogP contribution is 2.64. The topological polar surface area (TPSA) is 66.7 Å². The zero-order valence-electron chi connectivity index (χ0n) is 16.2. The average Bonchev–Trinajstić information content (AvgIpc) is 3.11. The van der Waals surface area contributed by atoms with Gasteiger partial charge >= 0.3 is 6.18 Å². The number of aromatic nitrogens is 3. The number of hydrogen-bond acceptors (Lipinski definition) is 5. The Hall–Kier alpha value is -2.18. The highest BCUT2D eigenvalue weighted by molar-refractivity contribution is 5.31. The number of halogens is 6. The minimum atomic E-state index is -4.62. The number of rotatable bonds is 4. The smallest absolute Gasteiger partial charge is 0.378 e. The highest BCUT2D eigenvalue weighted by Gasteiger charge is 2.76. The van der Waals surface area contributed by atoms with E-state index in [1.807, 2.05) is 6.92 Å². The molecule has 3 unspecified atom stereocenters. The minimum absolute atomic E-state index is 0.0466. The Balaban J connectivity index is 1.35. The fraction of sp³-hybridized carbons (Fsp3) is 0.579. The van der Waals surface area contributed by atoms with Crippen LogP contribution in [-0.2, 0) is 30.4 Å². The third-order valence-electron chi connectivity index (χ3n) is 6.67. The molecule has 0 amide bonds. The highest BCUT2D eigenvalue weighted by atomic mass is 19.4.